The first kappa shape index (κ1) is 25.3. The summed E-state index contributed by atoms with van der Waals surface area (Å²) in [6, 6.07) is 13.6. The molecule has 2 atom stereocenters. The van der Waals surface area contributed by atoms with Gasteiger partial charge in [0.15, 0.2) is 5.13 Å². The van der Waals surface area contributed by atoms with Crippen molar-refractivity contribution < 1.29 is 22.7 Å². The zero-order valence-corrected chi connectivity index (χ0v) is 21.8. The molecule has 3 aromatic rings. The van der Waals surface area contributed by atoms with Crippen LogP contribution in [-0.2, 0) is 14.8 Å². The number of hydrogen-bond donors (Lipinski definition) is 1. The van der Waals surface area contributed by atoms with E-state index < -0.39 is 10.0 Å². The molecule has 1 aliphatic rings. The van der Waals surface area contributed by atoms with Crippen molar-refractivity contribution >= 4 is 32.4 Å². The van der Waals surface area contributed by atoms with Crippen LogP contribution in [0.2, 0.25) is 0 Å². The van der Waals surface area contributed by atoms with Gasteiger partial charge in [0.05, 0.1) is 29.4 Å². The van der Waals surface area contributed by atoms with Gasteiger partial charge in [-0.25, -0.2) is 13.4 Å². The monoisotopic (exact) mass is 515 g/mol. The first-order valence-corrected chi connectivity index (χ1v) is 13.7. The lowest BCUT2D eigenvalue weighted by molar-refractivity contribution is -0.0440. The zero-order chi connectivity index (χ0) is 25.2. The number of anilines is 1. The number of benzene rings is 2. The summed E-state index contributed by atoms with van der Waals surface area (Å²) >= 11 is 1.38. The third-order valence-corrected chi connectivity index (χ3v) is 8.33. The van der Waals surface area contributed by atoms with Gasteiger partial charge in [-0.2, -0.15) is 4.31 Å². The standard InChI is InChI=1S/C25H29N3O5S2/c1-5-32-21-10-6-19(7-11-21)23-18(4)34-25(26-23)27-24(29)20-8-12-22(13-9-20)35(30,31)28-14-16(2)33-17(3)15-28/h6-13,16-17H,5,14-15H2,1-4H3,(H,26,27,29). The van der Waals surface area contributed by atoms with E-state index in [4.69, 9.17) is 9.47 Å². The van der Waals surface area contributed by atoms with Gasteiger partial charge in [0.1, 0.15) is 5.75 Å². The zero-order valence-electron chi connectivity index (χ0n) is 20.1. The maximum Gasteiger partial charge on any atom is 0.257 e. The SMILES string of the molecule is CCOc1ccc(-c2nc(NC(=O)c3ccc(S(=O)(=O)N4CC(C)OC(C)C4)cc3)sc2C)cc1. The minimum absolute atomic E-state index is 0.151. The Hall–Kier alpha value is -2.79. The Morgan fingerprint density at radius 1 is 1.11 bits per heavy atom. The number of carbonyl (C=O) groups excluding carboxylic acids is 1. The van der Waals surface area contributed by atoms with Gasteiger partial charge < -0.3 is 9.47 Å². The van der Waals surface area contributed by atoms with Crippen LogP contribution in [0.15, 0.2) is 53.4 Å². The van der Waals surface area contributed by atoms with Gasteiger partial charge in [0.2, 0.25) is 10.0 Å². The third-order valence-electron chi connectivity index (χ3n) is 5.60. The van der Waals surface area contributed by atoms with Crippen LogP contribution < -0.4 is 10.1 Å². The molecule has 1 fully saturated rings. The molecule has 8 nitrogen and oxygen atoms in total. The van der Waals surface area contributed by atoms with Crippen molar-refractivity contribution in [1.82, 2.24) is 9.29 Å². The van der Waals surface area contributed by atoms with E-state index in [0.717, 1.165) is 21.9 Å². The number of sulfonamides is 1. The summed E-state index contributed by atoms with van der Waals surface area (Å²) in [6.07, 6.45) is -0.347. The van der Waals surface area contributed by atoms with Gasteiger partial charge >= 0.3 is 0 Å². The number of amides is 1. The van der Waals surface area contributed by atoms with E-state index in [1.807, 2.05) is 52.0 Å². The van der Waals surface area contributed by atoms with Crippen molar-refractivity contribution in [2.75, 3.05) is 25.0 Å². The Kier molecular flexibility index (Phi) is 7.56. The molecule has 35 heavy (non-hydrogen) atoms. The van der Waals surface area contributed by atoms with Crippen LogP contribution in [0.5, 0.6) is 5.75 Å². The van der Waals surface area contributed by atoms with E-state index in [1.165, 1.54) is 39.9 Å². The van der Waals surface area contributed by atoms with Gasteiger partial charge in [-0.3, -0.25) is 10.1 Å². The van der Waals surface area contributed by atoms with Crippen LogP contribution in [0, 0.1) is 6.92 Å². The fourth-order valence-electron chi connectivity index (χ4n) is 4.02. The number of thiazole rings is 1. The number of aryl methyl sites for hydroxylation is 1. The molecule has 2 aromatic carbocycles. The average Bonchev–Trinajstić information content (AvgIpc) is 3.19. The average molecular weight is 516 g/mol. The van der Waals surface area contributed by atoms with Gasteiger partial charge in [-0.05, 0) is 76.2 Å². The van der Waals surface area contributed by atoms with Crippen LogP contribution >= 0.6 is 11.3 Å². The van der Waals surface area contributed by atoms with Crippen molar-refractivity contribution in [1.29, 1.82) is 0 Å². The van der Waals surface area contributed by atoms with Crippen molar-refractivity contribution in [3.63, 3.8) is 0 Å². The summed E-state index contributed by atoms with van der Waals surface area (Å²) in [5, 5.41) is 3.30. The smallest absolute Gasteiger partial charge is 0.257 e. The molecule has 186 valence electrons. The summed E-state index contributed by atoms with van der Waals surface area (Å²) < 4.78 is 38.6. The second kappa shape index (κ2) is 10.4. The number of aromatic nitrogens is 1. The van der Waals surface area contributed by atoms with E-state index in [1.54, 1.807) is 0 Å². The first-order chi connectivity index (χ1) is 16.7. The maximum absolute atomic E-state index is 13.0. The van der Waals surface area contributed by atoms with Crippen LogP contribution in [0.4, 0.5) is 5.13 Å². The van der Waals surface area contributed by atoms with E-state index in [0.29, 0.717) is 30.4 Å². The topological polar surface area (TPSA) is 97.8 Å². The quantitative estimate of drug-likeness (QED) is 0.495. The van der Waals surface area contributed by atoms with E-state index >= 15 is 0 Å². The molecule has 10 heteroatoms. The highest BCUT2D eigenvalue weighted by Gasteiger charge is 2.32. The molecular weight excluding hydrogens is 486 g/mol. The molecule has 2 heterocycles. The lowest BCUT2D eigenvalue weighted by atomic mass is 10.1. The molecule has 2 unspecified atom stereocenters. The van der Waals surface area contributed by atoms with Crippen molar-refractivity contribution in [2.24, 2.45) is 0 Å². The van der Waals surface area contributed by atoms with Crippen LogP contribution in [0.1, 0.15) is 36.0 Å². The fraction of sp³-hybridized carbons (Fsp3) is 0.360. The third kappa shape index (κ3) is 5.72. The maximum atomic E-state index is 13.0. The molecule has 0 spiro atoms. The van der Waals surface area contributed by atoms with Gasteiger partial charge in [0.25, 0.3) is 5.91 Å². The Balaban J connectivity index is 1.46. The molecule has 1 aliphatic heterocycles. The van der Waals surface area contributed by atoms with Crippen LogP contribution in [-0.4, -0.2) is 55.5 Å². The second-order valence-electron chi connectivity index (χ2n) is 8.44. The van der Waals surface area contributed by atoms with Crippen molar-refractivity contribution in [2.45, 2.75) is 44.8 Å². The van der Waals surface area contributed by atoms with Gasteiger partial charge in [0, 0.05) is 29.1 Å². The summed E-state index contributed by atoms with van der Waals surface area (Å²) in [4.78, 5) is 18.5. The molecule has 0 saturated carbocycles. The highest BCUT2D eigenvalue weighted by molar-refractivity contribution is 7.89. The summed E-state index contributed by atoms with van der Waals surface area (Å²) in [5.41, 5.74) is 2.08. The number of ether oxygens (including phenoxy) is 2. The molecule has 0 bridgehead atoms. The Morgan fingerprint density at radius 2 is 1.74 bits per heavy atom. The number of nitrogens with one attached hydrogen (secondary N) is 1. The van der Waals surface area contributed by atoms with Crippen LogP contribution in [0.25, 0.3) is 11.3 Å². The highest BCUT2D eigenvalue weighted by Crippen LogP contribution is 2.31. The largest absolute Gasteiger partial charge is 0.494 e. The second-order valence-corrected chi connectivity index (χ2v) is 11.6. The molecule has 1 saturated heterocycles. The number of rotatable bonds is 7. The number of morpholine rings is 1. The summed E-state index contributed by atoms with van der Waals surface area (Å²) in [5.74, 6) is 0.440. The number of hydrogen-bond acceptors (Lipinski definition) is 7. The number of nitrogens with zero attached hydrogens (tertiary/aromatic N) is 2. The minimum atomic E-state index is -3.67. The molecule has 1 amide bonds. The van der Waals surface area contributed by atoms with E-state index in [2.05, 4.69) is 10.3 Å². The molecule has 0 aliphatic carbocycles. The van der Waals surface area contributed by atoms with Crippen LogP contribution in [0.3, 0.4) is 0 Å². The molecule has 0 radical (unpaired) electrons. The Bertz CT molecular complexity index is 1280. The highest BCUT2D eigenvalue weighted by atomic mass is 32.2. The lowest BCUT2D eigenvalue weighted by Crippen LogP contribution is -2.48. The summed E-state index contributed by atoms with van der Waals surface area (Å²) in [7, 11) is -3.67. The molecular formula is C25H29N3O5S2. The number of carbonyl (C=O) groups is 1. The predicted octanol–water partition coefficient (Wildman–Crippen LogP) is 4.57. The van der Waals surface area contributed by atoms with E-state index in [-0.39, 0.29) is 23.0 Å². The Morgan fingerprint density at radius 3 is 2.34 bits per heavy atom. The normalized spacial score (nSPS) is 18.9. The predicted molar refractivity (Wildman–Crippen MR) is 137 cm³/mol. The molecule has 4 rings (SSSR count). The van der Waals surface area contributed by atoms with Gasteiger partial charge in [-0.1, -0.05) is 0 Å². The molecule has 1 N–H and O–H groups in total. The minimum Gasteiger partial charge on any atom is -0.494 e. The van der Waals surface area contributed by atoms with Crippen molar-refractivity contribution in [3.8, 4) is 17.0 Å². The van der Waals surface area contributed by atoms with Crippen molar-refractivity contribution in [3.05, 3.63) is 59.0 Å². The Labute approximate surface area is 210 Å². The van der Waals surface area contributed by atoms with Gasteiger partial charge in [-0.15, -0.1) is 11.3 Å². The lowest BCUT2D eigenvalue weighted by Gasteiger charge is -2.34. The van der Waals surface area contributed by atoms with E-state index in [9.17, 15) is 13.2 Å². The molecule has 1 aromatic heterocycles. The summed E-state index contributed by atoms with van der Waals surface area (Å²) in [6.45, 7) is 8.80. The fourth-order valence-corrected chi connectivity index (χ4v) is 6.44. The first-order valence-electron chi connectivity index (χ1n) is 11.4.